The largest absolute Gasteiger partial charge is 0.378 e. The fourth-order valence-corrected chi connectivity index (χ4v) is 2.80. The van der Waals surface area contributed by atoms with Crippen molar-refractivity contribution in [3.8, 4) is 0 Å². The summed E-state index contributed by atoms with van der Waals surface area (Å²) in [5.74, 6) is -0.0163. The molecule has 1 N–H and O–H groups in total. The molecule has 3 nitrogen and oxygen atoms in total. The first-order valence-electron chi connectivity index (χ1n) is 6.32. The van der Waals surface area contributed by atoms with Crippen LogP contribution in [0, 0.1) is 6.92 Å². The first-order valence-corrected chi connectivity index (χ1v) is 7.11. The lowest BCUT2D eigenvalue weighted by atomic mass is 10.1. The Kier molecular flexibility index (Phi) is 4.78. The summed E-state index contributed by atoms with van der Waals surface area (Å²) < 4.78 is 6.46. The molecule has 2 rings (SSSR count). The third-order valence-corrected chi connectivity index (χ3v) is 3.54. The summed E-state index contributed by atoms with van der Waals surface area (Å²) in [6, 6.07) is 5.73. The minimum Gasteiger partial charge on any atom is -0.378 e. The second-order valence-corrected chi connectivity index (χ2v) is 5.61. The Labute approximate surface area is 116 Å². The Morgan fingerprint density at radius 2 is 2.33 bits per heavy atom. The van der Waals surface area contributed by atoms with Gasteiger partial charge >= 0.3 is 0 Å². The second-order valence-electron chi connectivity index (χ2n) is 4.70. The third kappa shape index (κ3) is 3.82. The first-order chi connectivity index (χ1) is 8.65. The van der Waals surface area contributed by atoms with Gasteiger partial charge in [-0.2, -0.15) is 0 Å². The molecule has 1 fully saturated rings. The molecule has 0 saturated carbocycles. The summed E-state index contributed by atoms with van der Waals surface area (Å²) in [7, 11) is 0. The summed E-state index contributed by atoms with van der Waals surface area (Å²) in [5, 5.41) is 2.94. The van der Waals surface area contributed by atoms with Crippen LogP contribution in [0.5, 0.6) is 0 Å². The number of benzene rings is 1. The monoisotopic (exact) mass is 311 g/mol. The molecule has 1 heterocycles. The number of nitrogens with one attached hydrogen (secondary N) is 1. The van der Waals surface area contributed by atoms with Crippen LogP contribution >= 0.6 is 15.9 Å². The lowest BCUT2D eigenvalue weighted by Crippen LogP contribution is -2.27. The minimum absolute atomic E-state index is 0.0163. The fraction of sp³-hybridized carbons (Fsp3) is 0.500. The summed E-state index contributed by atoms with van der Waals surface area (Å²) in [6.07, 6.45) is 3.49. The summed E-state index contributed by atoms with van der Waals surface area (Å²) >= 11 is 3.40. The van der Waals surface area contributed by atoms with Crippen LogP contribution in [-0.4, -0.2) is 25.2 Å². The zero-order valence-corrected chi connectivity index (χ0v) is 12.1. The number of carbonyl (C=O) groups excluding carboxylic acids is 1. The van der Waals surface area contributed by atoms with Crippen molar-refractivity contribution in [1.29, 1.82) is 0 Å². The SMILES string of the molecule is Cc1cc(Br)cc(C(=O)NCCC2CCCO2)c1. The van der Waals surface area contributed by atoms with Crippen LogP contribution in [0.3, 0.4) is 0 Å². The molecule has 1 unspecified atom stereocenters. The highest BCUT2D eigenvalue weighted by atomic mass is 79.9. The molecule has 0 spiro atoms. The lowest BCUT2D eigenvalue weighted by molar-refractivity contribution is 0.0907. The minimum atomic E-state index is -0.0163. The van der Waals surface area contributed by atoms with Crippen molar-refractivity contribution in [2.75, 3.05) is 13.2 Å². The molecule has 18 heavy (non-hydrogen) atoms. The Morgan fingerprint density at radius 3 is 3.00 bits per heavy atom. The molecule has 1 aliphatic heterocycles. The molecule has 1 amide bonds. The van der Waals surface area contributed by atoms with Crippen LogP contribution in [0.25, 0.3) is 0 Å². The van der Waals surface area contributed by atoms with E-state index in [1.54, 1.807) is 0 Å². The van der Waals surface area contributed by atoms with E-state index in [0.717, 1.165) is 35.9 Å². The molecule has 0 radical (unpaired) electrons. The molecule has 1 aromatic carbocycles. The van der Waals surface area contributed by atoms with Gasteiger partial charge in [0.25, 0.3) is 5.91 Å². The van der Waals surface area contributed by atoms with Crippen molar-refractivity contribution in [3.63, 3.8) is 0 Å². The fourth-order valence-electron chi connectivity index (χ4n) is 2.19. The summed E-state index contributed by atoms with van der Waals surface area (Å²) in [5.41, 5.74) is 1.78. The van der Waals surface area contributed by atoms with Crippen molar-refractivity contribution in [2.24, 2.45) is 0 Å². The van der Waals surface area contributed by atoms with Gasteiger partial charge in [0, 0.05) is 23.2 Å². The predicted molar refractivity (Wildman–Crippen MR) is 74.8 cm³/mol. The van der Waals surface area contributed by atoms with E-state index in [0.29, 0.717) is 18.2 Å². The third-order valence-electron chi connectivity index (χ3n) is 3.08. The average molecular weight is 312 g/mol. The topological polar surface area (TPSA) is 38.3 Å². The Morgan fingerprint density at radius 1 is 1.50 bits per heavy atom. The highest BCUT2D eigenvalue weighted by Crippen LogP contribution is 2.16. The van der Waals surface area contributed by atoms with E-state index in [1.165, 1.54) is 0 Å². The zero-order valence-electron chi connectivity index (χ0n) is 10.5. The maximum Gasteiger partial charge on any atom is 0.251 e. The molecular formula is C14H18BrNO2. The first kappa shape index (κ1) is 13.6. The van der Waals surface area contributed by atoms with Gasteiger partial charge in [-0.05, 0) is 49.9 Å². The van der Waals surface area contributed by atoms with Gasteiger partial charge in [-0.15, -0.1) is 0 Å². The molecule has 0 aliphatic carbocycles. The predicted octanol–water partition coefficient (Wildman–Crippen LogP) is 3.06. The molecule has 1 aliphatic rings. The Hall–Kier alpha value is -0.870. The Balaban J connectivity index is 1.83. The van der Waals surface area contributed by atoms with Crippen molar-refractivity contribution in [3.05, 3.63) is 33.8 Å². The van der Waals surface area contributed by atoms with Crippen LogP contribution in [0.4, 0.5) is 0 Å². The molecule has 0 bridgehead atoms. The van der Waals surface area contributed by atoms with Crippen molar-refractivity contribution >= 4 is 21.8 Å². The van der Waals surface area contributed by atoms with E-state index in [1.807, 2.05) is 25.1 Å². The number of hydrogen-bond donors (Lipinski definition) is 1. The van der Waals surface area contributed by atoms with Crippen molar-refractivity contribution in [2.45, 2.75) is 32.3 Å². The van der Waals surface area contributed by atoms with Gasteiger partial charge in [-0.1, -0.05) is 15.9 Å². The van der Waals surface area contributed by atoms with Crippen molar-refractivity contribution < 1.29 is 9.53 Å². The number of rotatable bonds is 4. The maximum absolute atomic E-state index is 12.0. The number of hydrogen-bond acceptors (Lipinski definition) is 2. The Bertz CT molecular complexity index is 408. The van der Waals surface area contributed by atoms with Crippen LogP contribution in [0.1, 0.15) is 35.2 Å². The molecule has 1 aromatic rings. The van der Waals surface area contributed by atoms with E-state index < -0.39 is 0 Å². The molecule has 98 valence electrons. The maximum atomic E-state index is 12.0. The van der Waals surface area contributed by atoms with Gasteiger partial charge in [0.15, 0.2) is 0 Å². The van der Waals surface area contributed by atoms with Gasteiger partial charge in [-0.25, -0.2) is 0 Å². The van der Waals surface area contributed by atoms with Gasteiger partial charge in [0.2, 0.25) is 0 Å². The van der Waals surface area contributed by atoms with Crippen LogP contribution < -0.4 is 5.32 Å². The standard InChI is InChI=1S/C14H18BrNO2/c1-10-7-11(9-12(15)8-10)14(17)16-5-4-13-3-2-6-18-13/h7-9,13H,2-6H2,1H3,(H,16,17). The molecule has 1 saturated heterocycles. The van der Waals surface area contributed by atoms with Crippen LogP contribution in [-0.2, 0) is 4.74 Å². The number of amides is 1. The van der Waals surface area contributed by atoms with Gasteiger partial charge < -0.3 is 10.1 Å². The highest BCUT2D eigenvalue weighted by Gasteiger charge is 2.15. The van der Waals surface area contributed by atoms with E-state index >= 15 is 0 Å². The lowest BCUT2D eigenvalue weighted by Gasteiger charge is -2.10. The number of halogens is 1. The number of ether oxygens (including phenoxy) is 1. The zero-order chi connectivity index (χ0) is 13.0. The van der Waals surface area contributed by atoms with Gasteiger partial charge in [0.05, 0.1) is 6.10 Å². The van der Waals surface area contributed by atoms with Gasteiger partial charge in [-0.3, -0.25) is 4.79 Å². The van der Waals surface area contributed by atoms with E-state index in [4.69, 9.17) is 4.74 Å². The molecule has 1 atom stereocenters. The van der Waals surface area contributed by atoms with Crippen LogP contribution in [0.2, 0.25) is 0 Å². The van der Waals surface area contributed by atoms with E-state index in [2.05, 4.69) is 21.2 Å². The normalized spacial score (nSPS) is 18.9. The van der Waals surface area contributed by atoms with E-state index in [-0.39, 0.29) is 5.91 Å². The average Bonchev–Trinajstić information content (AvgIpc) is 2.80. The number of aryl methyl sites for hydroxylation is 1. The molecule has 4 heteroatoms. The quantitative estimate of drug-likeness (QED) is 0.928. The highest BCUT2D eigenvalue weighted by molar-refractivity contribution is 9.10. The van der Waals surface area contributed by atoms with Crippen LogP contribution in [0.15, 0.2) is 22.7 Å². The summed E-state index contributed by atoms with van der Waals surface area (Å²) in [6.45, 7) is 3.52. The van der Waals surface area contributed by atoms with Crippen molar-refractivity contribution in [1.82, 2.24) is 5.32 Å². The molecular weight excluding hydrogens is 294 g/mol. The second kappa shape index (κ2) is 6.34. The van der Waals surface area contributed by atoms with E-state index in [9.17, 15) is 4.79 Å². The summed E-state index contributed by atoms with van der Waals surface area (Å²) in [4.78, 5) is 12.0. The smallest absolute Gasteiger partial charge is 0.251 e. The van der Waals surface area contributed by atoms with Gasteiger partial charge in [0.1, 0.15) is 0 Å². The number of carbonyl (C=O) groups is 1. The molecule has 0 aromatic heterocycles.